The molecule has 0 spiro atoms. The van der Waals surface area contributed by atoms with Gasteiger partial charge in [-0.25, -0.2) is 0 Å². The van der Waals surface area contributed by atoms with E-state index >= 15 is 0 Å². The molecule has 0 aromatic rings. The molecule has 1 atom stereocenters. The first kappa shape index (κ1) is 12.7. The van der Waals surface area contributed by atoms with Crippen LogP contribution in [0.15, 0.2) is 0 Å². The summed E-state index contributed by atoms with van der Waals surface area (Å²) < 4.78 is 0. The standard InChI is InChI=1S/C13H25NOS/c1-2-11-3-5-12(6-4-11)14-9-13(15)7-8-16-10-13/h11-12,14-15H,2-10H2,1H3. The van der Waals surface area contributed by atoms with Crippen molar-refractivity contribution in [2.45, 2.75) is 57.1 Å². The van der Waals surface area contributed by atoms with Gasteiger partial charge in [-0.1, -0.05) is 13.3 Å². The van der Waals surface area contributed by atoms with Crippen LogP contribution in [0.5, 0.6) is 0 Å². The van der Waals surface area contributed by atoms with Crippen LogP contribution in [0, 0.1) is 5.92 Å². The SMILES string of the molecule is CCC1CCC(NCC2(O)CCSC2)CC1. The summed E-state index contributed by atoms with van der Waals surface area (Å²) in [6.07, 6.45) is 7.68. The number of hydrogen-bond acceptors (Lipinski definition) is 3. The highest BCUT2D eigenvalue weighted by Crippen LogP contribution is 2.29. The molecule has 0 radical (unpaired) electrons. The molecule has 2 aliphatic rings. The van der Waals surface area contributed by atoms with Crippen molar-refractivity contribution in [1.29, 1.82) is 0 Å². The third kappa shape index (κ3) is 3.38. The molecule has 1 unspecified atom stereocenters. The van der Waals surface area contributed by atoms with Crippen LogP contribution in [-0.2, 0) is 0 Å². The van der Waals surface area contributed by atoms with Gasteiger partial charge in [0.05, 0.1) is 5.60 Å². The lowest BCUT2D eigenvalue weighted by molar-refractivity contribution is 0.0620. The average molecular weight is 243 g/mol. The quantitative estimate of drug-likeness (QED) is 0.795. The lowest BCUT2D eigenvalue weighted by Gasteiger charge is -2.31. The number of rotatable bonds is 4. The first-order valence-corrected chi connectivity index (χ1v) is 7.91. The number of aliphatic hydroxyl groups is 1. The summed E-state index contributed by atoms with van der Waals surface area (Å²) in [5, 5.41) is 13.8. The van der Waals surface area contributed by atoms with Crippen LogP contribution in [0.2, 0.25) is 0 Å². The van der Waals surface area contributed by atoms with Gasteiger partial charge in [-0.3, -0.25) is 0 Å². The van der Waals surface area contributed by atoms with Crippen molar-refractivity contribution in [1.82, 2.24) is 5.32 Å². The number of nitrogens with one attached hydrogen (secondary N) is 1. The Morgan fingerprint density at radius 2 is 2.06 bits per heavy atom. The topological polar surface area (TPSA) is 32.3 Å². The molecule has 16 heavy (non-hydrogen) atoms. The van der Waals surface area contributed by atoms with Gasteiger partial charge in [-0.2, -0.15) is 11.8 Å². The summed E-state index contributed by atoms with van der Waals surface area (Å²) in [7, 11) is 0. The Bertz CT molecular complexity index is 208. The molecule has 3 heteroatoms. The second kappa shape index (κ2) is 5.74. The van der Waals surface area contributed by atoms with Gasteiger partial charge in [0.1, 0.15) is 0 Å². The van der Waals surface area contributed by atoms with Crippen LogP contribution in [0.3, 0.4) is 0 Å². The van der Waals surface area contributed by atoms with E-state index in [1.165, 1.54) is 32.1 Å². The maximum Gasteiger partial charge on any atom is 0.0869 e. The highest BCUT2D eigenvalue weighted by atomic mass is 32.2. The molecule has 94 valence electrons. The van der Waals surface area contributed by atoms with Crippen LogP contribution in [0.1, 0.15) is 45.4 Å². The average Bonchev–Trinajstić information content (AvgIpc) is 2.75. The zero-order chi connectivity index (χ0) is 11.4. The smallest absolute Gasteiger partial charge is 0.0869 e. The summed E-state index contributed by atoms with van der Waals surface area (Å²) >= 11 is 1.88. The van der Waals surface area contributed by atoms with Crippen molar-refractivity contribution in [3.8, 4) is 0 Å². The zero-order valence-electron chi connectivity index (χ0n) is 10.4. The van der Waals surface area contributed by atoms with E-state index in [4.69, 9.17) is 0 Å². The molecule has 2 fully saturated rings. The fourth-order valence-electron chi connectivity index (χ4n) is 2.85. The molecule has 0 aromatic heterocycles. The van der Waals surface area contributed by atoms with Crippen LogP contribution in [-0.4, -0.2) is 34.8 Å². The van der Waals surface area contributed by atoms with E-state index in [0.29, 0.717) is 6.04 Å². The van der Waals surface area contributed by atoms with Crippen molar-refractivity contribution < 1.29 is 5.11 Å². The summed E-state index contributed by atoms with van der Waals surface area (Å²) in [6.45, 7) is 3.11. The van der Waals surface area contributed by atoms with E-state index < -0.39 is 5.60 Å². The minimum Gasteiger partial charge on any atom is -0.388 e. The molecule has 2 N–H and O–H groups in total. The van der Waals surface area contributed by atoms with Gasteiger partial charge in [0, 0.05) is 18.3 Å². The Kier molecular flexibility index (Phi) is 4.57. The Labute approximate surface area is 104 Å². The Morgan fingerprint density at radius 3 is 2.62 bits per heavy atom. The zero-order valence-corrected chi connectivity index (χ0v) is 11.2. The van der Waals surface area contributed by atoms with E-state index in [2.05, 4.69) is 12.2 Å². The monoisotopic (exact) mass is 243 g/mol. The summed E-state index contributed by atoms with van der Waals surface area (Å²) in [5.74, 6) is 3.01. The maximum atomic E-state index is 10.2. The molecule has 2 rings (SSSR count). The third-order valence-electron chi connectivity index (χ3n) is 4.23. The van der Waals surface area contributed by atoms with E-state index in [1.54, 1.807) is 0 Å². The first-order valence-electron chi connectivity index (χ1n) is 6.75. The van der Waals surface area contributed by atoms with E-state index in [-0.39, 0.29) is 0 Å². The first-order chi connectivity index (χ1) is 7.72. The second-order valence-corrected chi connectivity index (χ2v) is 6.64. The molecule has 0 aromatic carbocycles. The van der Waals surface area contributed by atoms with Crippen molar-refractivity contribution in [3.63, 3.8) is 0 Å². The molecule has 2 nitrogen and oxygen atoms in total. The normalized spacial score (nSPS) is 40.1. The maximum absolute atomic E-state index is 10.2. The van der Waals surface area contributed by atoms with Gasteiger partial charge in [0.25, 0.3) is 0 Å². The van der Waals surface area contributed by atoms with Gasteiger partial charge < -0.3 is 10.4 Å². The molecule has 1 saturated carbocycles. The summed E-state index contributed by atoms with van der Waals surface area (Å²) in [5.41, 5.74) is -0.410. The molecule has 0 bridgehead atoms. The van der Waals surface area contributed by atoms with Crippen LogP contribution < -0.4 is 5.32 Å². The lowest BCUT2D eigenvalue weighted by Crippen LogP contribution is -2.45. The van der Waals surface area contributed by atoms with Crippen LogP contribution in [0.25, 0.3) is 0 Å². The minimum atomic E-state index is -0.410. The van der Waals surface area contributed by atoms with Crippen LogP contribution in [0.4, 0.5) is 0 Å². The molecule has 1 heterocycles. The second-order valence-electron chi connectivity index (χ2n) is 5.53. The molecule has 0 amide bonds. The predicted molar refractivity (Wildman–Crippen MR) is 70.9 cm³/mol. The Balaban J connectivity index is 1.67. The third-order valence-corrected chi connectivity index (χ3v) is 5.46. The minimum absolute atomic E-state index is 0.410. The van der Waals surface area contributed by atoms with E-state index in [1.807, 2.05) is 11.8 Å². The Morgan fingerprint density at radius 1 is 1.31 bits per heavy atom. The fourth-order valence-corrected chi connectivity index (χ4v) is 4.14. The van der Waals surface area contributed by atoms with Gasteiger partial charge in [0.15, 0.2) is 0 Å². The molecular weight excluding hydrogens is 218 g/mol. The molecule has 1 aliphatic heterocycles. The van der Waals surface area contributed by atoms with Crippen molar-refractivity contribution >= 4 is 11.8 Å². The highest BCUT2D eigenvalue weighted by molar-refractivity contribution is 7.99. The van der Waals surface area contributed by atoms with Gasteiger partial charge >= 0.3 is 0 Å². The van der Waals surface area contributed by atoms with Gasteiger partial charge in [-0.05, 0) is 43.8 Å². The molecule has 1 saturated heterocycles. The lowest BCUT2D eigenvalue weighted by atomic mass is 9.84. The van der Waals surface area contributed by atoms with Gasteiger partial charge in [0.2, 0.25) is 0 Å². The highest BCUT2D eigenvalue weighted by Gasteiger charge is 2.32. The van der Waals surface area contributed by atoms with Crippen LogP contribution >= 0.6 is 11.8 Å². The predicted octanol–water partition coefficient (Wildman–Crippen LogP) is 2.41. The number of hydrogen-bond donors (Lipinski definition) is 2. The van der Waals surface area contributed by atoms with Crippen molar-refractivity contribution in [2.75, 3.05) is 18.1 Å². The van der Waals surface area contributed by atoms with Crippen molar-refractivity contribution in [3.05, 3.63) is 0 Å². The van der Waals surface area contributed by atoms with E-state index in [0.717, 1.165) is 30.4 Å². The molecule has 1 aliphatic carbocycles. The largest absolute Gasteiger partial charge is 0.388 e. The van der Waals surface area contributed by atoms with E-state index in [9.17, 15) is 5.11 Å². The van der Waals surface area contributed by atoms with Gasteiger partial charge in [-0.15, -0.1) is 0 Å². The summed E-state index contributed by atoms with van der Waals surface area (Å²) in [6, 6.07) is 0.664. The van der Waals surface area contributed by atoms with Crippen molar-refractivity contribution in [2.24, 2.45) is 5.92 Å². The fraction of sp³-hybridized carbons (Fsp3) is 1.00. The Hall–Kier alpha value is 0.270. The molecular formula is C13H25NOS. The summed E-state index contributed by atoms with van der Waals surface area (Å²) in [4.78, 5) is 0. The number of thioether (sulfide) groups is 1.